The molecule has 2 fully saturated rings. The van der Waals surface area contributed by atoms with E-state index in [4.69, 9.17) is 16.6 Å². The van der Waals surface area contributed by atoms with E-state index in [1.807, 2.05) is 0 Å². The summed E-state index contributed by atoms with van der Waals surface area (Å²) >= 11 is 0. The molecular formula is C15H24N2O5. The number of hydrogen-bond acceptors (Lipinski definition) is 6. The van der Waals surface area contributed by atoms with Crippen LogP contribution in [-0.4, -0.2) is 42.0 Å². The first kappa shape index (κ1) is 16.9. The Hall–Kier alpha value is -1.47. The summed E-state index contributed by atoms with van der Waals surface area (Å²) in [5.41, 5.74) is 11.7. The molecule has 2 saturated carbocycles. The van der Waals surface area contributed by atoms with Gasteiger partial charge in [0.15, 0.2) is 5.78 Å². The van der Waals surface area contributed by atoms with Gasteiger partial charge < -0.3 is 21.3 Å². The van der Waals surface area contributed by atoms with Crippen molar-refractivity contribution in [1.29, 1.82) is 0 Å². The monoisotopic (exact) mass is 312 g/mol. The Balaban J connectivity index is 2.19. The highest BCUT2D eigenvalue weighted by Gasteiger charge is 2.49. The molecule has 2 rings (SSSR count). The zero-order valence-corrected chi connectivity index (χ0v) is 12.7. The molecule has 0 aromatic carbocycles. The zero-order chi connectivity index (χ0) is 16.4. The van der Waals surface area contributed by atoms with Gasteiger partial charge in [-0.2, -0.15) is 0 Å². The van der Waals surface area contributed by atoms with Gasteiger partial charge in [0.2, 0.25) is 0 Å². The van der Waals surface area contributed by atoms with Gasteiger partial charge >= 0.3 is 11.9 Å². The number of ether oxygens (including phenoxy) is 1. The van der Waals surface area contributed by atoms with Gasteiger partial charge in [0.05, 0.1) is 19.6 Å². The molecule has 2 bridgehead atoms. The second kappa shape index (κ2) is 6.75. The van der Waals surface area contributed by atoms with Crippen LogP contribution in [0.1, 0.15) is 32.1 Å². The van der Waals surface area contributed by atoms with Crippen molar-refractivity contribution in [3.05, 3.63) is 0 Å². The van der Waals surface area contributed by atoms with Gasteiger partial charge in [-0.05, 0) is 37.0 Å². The van der Waals surface area contributed by atoms with Crippen molar-refractivity contribution in [2.75, 3.05) is 7.11 Å². The summed E-state index contributed by atoms with van der Waals surface area (Å²) in [5, 5.41) is 8.82. The Morgan fingerprint density at radius 2 is 1.91 bits per heavy atom. The van der Waals surface area contributed by atoms with Gasteiger partial charge in [-0.25, -0.2) is 0 Å². The van der Waals surface area contributed by atoms with Crippen molar-refractivity contribution in [2.24, 2.45) is 35.1 Å². The topological polar surface area (TPSA) is 133 Å². The normalized spacial score (nSPS) is 30.6. The Morgan fingerprint density at radius 3 is 2.36 bits per heavy atom. The van der Waals surface area contributed by atoms with E-state index in [0.717, 1.165) is 25.7 Å². The van der Waals surface area contributed by atoms with Gasteiger partial charge in [0.25, 0.3) is 0 Å². The van der Waals surface area contributed by atoms with Crippen LogP contribution < -0.4 is 11.5 Å². The predicted octanol–water partition coefficient (Wildman–Crippen LogP) is -0.0898. The van der Waals surface area contributed by atoms with Gasteiger partial charge in [0.1, 0.15) is 6.04 Å². The fraction of sp³-hybridized carbons (Fsp3) is 0.800. The molecule has 7 heteroatoms. The molecule has 2 aliphatic carbocycles. The highest BCUT2D eigenvalue weighted by Crippen LogP contribution is 2.51. The third-order valence-corrected chi connectivity index (χ3v) is 5.20. The van der Waals surface area contributed by atoms with Gasteiger partial charge in [-0.15, -0.1) is 0 Å². The van der Waals surface area contributed by atoms with Crippen LogP contribution in [0, 0.1) is 23.7 Å². The number of rotatable bonds is 7. The molecule has 0 saturated heterocycles. The Labute approximate surface area is 129 Å². The molecule has 0 aromatic heterocycles. The van der Waals surface area contributed by atoms with Crippen LogP contribution in [0.25, 0.3) is 0 Å². The molecule has 0 aliphatic heterocycles. The van der Waals surface area contributed by atoms with E-state index in [2.05, 4.69) is 4.74 Å². The SMILES string of the molecule is COC(=O)[C@@H](N)C(C(=O)C(N)CC(=O)O)[C@@H]1CC2CCC1C2. The minimum atomic E-state index is -1.14. The number of esters is 1. The fourth-order valence-electron chi connectivity index (χ4n) is 4.21. The first-order valence-electron chi connectivity index (χ1n) is 7.69. The number of hydrogen-bond donors (Lipinski definition) is 3. The Morgan fingerprint density at radius 1 is 1.23 bits per heavy atom. The molecule has 0 heterocycles. The summed E-state index contributed by atoms with van der Waals surface area (Å²) in [6.07, 6.45) is 3.63. The zero-order valence-electron chi connectivity index (χ0n) is 12.7. The largest absolute Gasteiger partial charge is 0.481 e. The summed E-state index contributed by atoms with van der Waals surface area (Å²) < 4.78 is 4.67. The lowest BCUT2D eigenvalue weighted by molar-refractivity contribution is -0.148. The van der Waals surface area contributed by atoms with Gasteiger partial charge in [-0.3, -0.25) is 14.4 Å². The van der Waals surface area contributed by atoms with Crippen molar-refractivity contribution >= 4 is 17.7 Å². The van der Waals surface area contributed by atoms with E-state index < -0.39 is 42.1 Å². The maximum Gasteiger partial charge on any atom is 0.323 e. The van der Waals surface area contributed by atoms with E-state index >= 15 is 0 Å². The third kappa shape index (κ3) is 3.30. The lowest BCUT2D eigenvalue weighted by Crippen LogP contribution is -2.52. The standard InChI is InChI=1S/C15H24N2O5/c1-22-15(21)13(17)12(14(20)10(16)6-11(18)19)9-5-7-2-3-8(9)4-7/h7-10,12-13H,2-6,16-17H2,1H3,(H,18,19)/t7?,8?,9-,10?,12?,13+/m1/s1. The van der Waals surface area contributed by atoms with Crippen LogP contribution in [0.3, 0.4) is 0 Å². The highest BCUT2D eigenvalue weighted by molar-refractivity contribution is 5.94. The average molecular weight is 312 g/mol. The van der Waals surface area contributed by atoms with Crippen molar-refractivity contribution in [3.63, 3.8) is 0 Å². The van der Waals surface area contributed by atoms with E-state index in [1.54, 1.807) is 0 Å². The Kier molecular flexibility index (Phi) is 5.18. The number of carbonyl (C=O) groups excluding carboxylic acids is 2. The van der Waals surface area contributed by atoms with Crippen LogP contribution >= 0.6 is 0 Å². The lowest BCUT2D eigenvalue weighted by Gasteiger charge is -2.33. The molecule has 6 atom stereocenters. The molecule has 124 valence electrons. The Bertz CT molecular complexity index is 467. The average Bonchev–Trinajstić information content (AvgIpc) is 3.08. The van der Waals surface area contributed by atoms with Crippen LogP contribution in [0.5, 0.6) is 0 Å². The minimum Gasteiger partial charge on any atom is -0.481 e. The van der Waals surface area contributed by atoms with Crippen molar-refractivity contribution in [1.82, 2.24) is 0 Å². The van der Waals surface area contributed by atoms with Crippen LogP contribution in [0.2, 0.25) is 0 Å². The molecule has 0 aromatic rings. The number of nitrogens with two attached hydrogens (primary N) is 2. The van der Waals surface area contributed by atoms with Crippen LogP contribution in [-0.2, 0) is 19.1 Å². The molecule has 2 aliphatic rings. The quantitative estimate of drug-likeness (QED) is 0.559. The summed E-state index contributed by atoms with van der Waals surface area (Å²) in [5.74, 6) is -2.03. The summed E-state index contributed by atoms with van der Waals surface area (Å²) in [6.45, 7) is 0. The van der Waals surface area contributed by atoms with Crippen molar-refractivity contribution in [2.45, 2.75) is 44.2 Å². The number of carboxylic acid groups (broad SMARTS) is 1. The van der Waals surface area contributed by atoms with Crippen molar-refractivity contribution in [3.8, 4) is 0 Å². The number of ketones is 1. The molecular weight excluding hydrogens is 288 g/mol. The maximum absolute atomic E-state index is 12.6. The molecule has 4 unspecified atom stereocenters. The molecule has 0 amide bonds. The molecule has 5 N–H and O–H groups in total. The van der Waals surface area contributed by atoms with E-state index in [1.165, 1.54) is 7.11 Å². The smallest absolute Gasteiger partial charge is 0.323 e. The van der Waals surface area contributed by atoms with E-state index in [0.29, 0.717) is 11.8 Å². The van der Waals surface area contributed by atoms with E-state index in [-0.39, 0.29) is 5.92 Å². The summed E-state index contributed by atoms with van der Waals surface area (Å²) in [6, 6.07) is -2.22. The maximum atomic E-state index is 12.6. The number of fused-ring (bicyclic) bond motifs is 2. The second-order valence-corrected chi connectivity index (χ2v) is 6.52. The van der Waals surface area contributed by atoms with Crippen molar-refractivity contribution < 1.29 is 24.2 Å². The number of aliphatic carboxylic acids is 1. The fourth-order valence-corrected chi connectivity index (χ4v) is 4.21. The third-order valence-electron chi connectivity index (χ3n) is 5.20. The summed E-state index contributed by atoms with van der Waals surface area (Å²) in [4.78, 5) is 35.2. The number of carboxylic acids is 1. The minimum absolute atomic E-state index is 0.000180. The predicted molar refractivity (Wildman–Crippen MR) is 77.7 cm³/mol. The first-order chi connectivity index (χ1) is 10.3. The first-order valence-corrected chi connectivity index (χ1v) is 7.69. The number of carbonyl (C=O) groups is 3. The second-order valence-electron chi connectivity index (χ2n) is 6.52. The molecule has 0 radical (unpaired) electrons. The lowest BCUT2D eigenvalue weighted by atomic mass is 9.72. The van der Waals surface area contributed by atoms with Gasteiger partial charge in [-0.1, -0.05) is 6.42 Å². The highest BCUT2D eigenvalue weighted by atomic mass is 16.5. The van der Waals surface area contributed by atoms with E-state index in [9.17, 15) is 14.4 Å². The molecule has 7 nitrogen and oxygen atoms in total. The molecule has 22 heavy (non-hydrogen) atoms. The van der Waals surface area contributed by atoms with Crippen LogP contribution in [0.4, 0.5) is 0 Å². The summed E-state index contributed by atoms with van der Waals surface area (Å²) in [7, 11) is 1.22. The number of methoxy groups -OCH3 is 1. The van der Waals surface area contributed by atoms with Gasteiger partial charge in [0, 0.05) is 5.92 Å². The van der Waals surface area contributed by atoms with Crippen LogP contribution in [0.15, 0.2) is 0 Å². The molecule has 0 spiro atoms. The number of Topliss-reactive ketones (excluding diaryl/α,β-unsaturated/α-hetero) is 1.